The number of nitrogens with one attached hydrogen (secondary N) is 2. The Bertz CT molecular complexity index is 147. The molecule has 0 radical (unpaired) electrons. The molecule has 5 nitrogen and oxygen atoms in total. The molecule has 0 atom stereocenters. The van der Waals surface area contributed by atoms with Gasteiger partial charge in [-0.05, 0) is 0 Å². The fourth-order valence-corrected chi connectivity index (χ4v) is 0.441. The van der Waals surface area contributed by atoms with Crippen LogP contribution in [0.3, 0.4) is 0 Å². The molecule has 2 N–H and O–H groups in total. The molecule has 0 heterocycles. The molecule has 0 spiro atoms. The van der Waals surface area contributed by atoms with Gasteiger partial charge in [-0.1, -0.05) is 0 Å². The molecule has 0 aromatic rings. The van der Waals surface area contributed by atoms with Gasteiger partial charge in [0.05, 0.1) is 13.7 Å². The van der Waals surface area contributed by atoms with E-state index in [1.54, 1.807) is 0 Å². The van der Waals surface area contributed by atoms with Crippen LogP contribution in [0, 0.1) is 5.41 Å². The molecule has 0 saturated carbocycles. The van der Waals surface area contributed by atoms with Gasteiger partial charge in [0.1, 0.15) is 5.84 Å². The van der Waals surface area contributed by atoms with E-state index in [4.69, 9.17) is 10.1 Å². The Balaban J connectivity index is 3.44. The molecule has 0 aromatic heterocycles. The average molecular weight is 160 g/mol. The Morgan fingerprint density at radius 1 is 1.55 bits per heavy atom. The summed E-state index contributed by atoms with van der Waals surface area (Å²) in [6.07, 6.45) is -0.239. The highest BCUT2D eigenvalue weighted by Gasteiger charge is 2.01. The molecule has 64 valence electrons. The van der Waals surface area contributed by atoms with E-state index in [2.05, 4.69) is 10.1 Å². The molecule has 0 aliphatic heterocycles. The van der Waals surface area contributed by atoms with Crippen molar-refractivity contribution in [1.29, 1.82) is 5.41 Å². The average Bonchev–Trinajstić information content (AvgIpc) is 2.00. The van der Waals surface area contributed by atoms with Crippen molar-refractivity contribution >= 4 is 11.9 Å². The van der Waals surface area contributed by atoms with E-state index >= 15 is 0 Å². The second-order valence-corrected chi connectivity index (χ2v) is 1.84. The molecule has 0 bridgehead atoms. The van der Waals surface area contributed by atoms with Crippen molar-refractivity contribution < 1.29 is 14.3 Å². The van der Waals surface area contributed by atoms with E-state index in [-0.39, 0.29) is 5.84 Å². The molecule has 0 unspecified atom stereocenters. The van der Waals surface area contributed by atoms with Gasteiger partial charge in [-0.2, -0.15) is 0 Å². The third-order valence-electron chi connectivity index (χ3n) is 0.995. The largest absolute Gasteiger partial charge is 0.453 e. The third kappa shape index (κ3) is 5.35. The minimum absolute atomic E-state index is 0.0960. The van der Waals surface area contributed by atoms with Crippen molar-refractivity contribution in [3.8, 4) is 0 Å². The molecule has 5 heteroatoms. The number of methoxy groups -OCH3 is 2. The fraction of sp³-hybridized carbons (Fsp3) is 0.667. The van der Waals surface area contributed by atoms with Crippen LogP contribution < -0.4 is 5.32 Å². The first-order valence-electron chi connectivity index (χ1n) is 3.12. The van der Waals surface area contributed by atoms with Crippen LogP contribution in [0.5, 0.6) is 0 Å². The van der Waals surface area contributed by atoms with Crippen molar-refractivity contribution in [2.24, 2.45) is 0 Å². The van der Waals surface area contributed by atoms with Gasteiger partial charge in [-0.3, -0.25) is 10.7 Å². The van der Waals surface area contributed by atoms with Crippen LogP contribution >= 0.6 is 0 Å². The normalized spacial score (nSPS) is 8.91. The summed E-state index contributed by atoms with van der Waals surface area (Å²) in [5.41, 5.74) is 0. The summed E-state index contributed by atoms with van der Waals surface area (Å²) in [6, 6.07) is 0. The van der Waals surface area contributed by atoms with Crippen LogP contribution in [-0.2, 0) is 9.47 Å². The lowest BCUT2D eigenvalue weighted by atomic mass is 10.4. The Kier molecular flexibility index (Phi) is 5.10. The summed E-state index contributed by atoms with van der Waals surface area (Å²) in [5.74, 6) is 0.0960. The molecule has 0 aliphatic rings. The second-order valence-electron chi connectivity index (χ2n) is 1.84. The van der Waals surface area contributed by atoms with E-state index in [1.165, 1.54) is 14.2 Å². The molecule has 1 amide bonds. The first-order valence-corrected chi connectivity index (χ1v) is 3.12. The van der Waals surface area contributed by atoms with Crippen LogP contribution in [0.2, 0.25) is 0 Å². The van der Waals surface area contributed by atoms with Gasteiger partial charge < -0.3 is 9.47 Å². The zero-order valence-corrected chi connectivity index (χ0v) is 6.64. The van der Waals surface area contributed by atoms with E-state index < -0.39 is 6.09 Å². The molecular weight excluding hydrogens is 148 g/mol. The van der Waals surface area contributed by atoms with Crippen LogP contribution in [0.4, 0.5) is 4.79 Å². The Hall–Kier alpha value is -1.10. The summed E-state index contributed by atoms with van der Waals surface area (Å²) in [4.78, 5) is 10.5. The first-order chi connectivity index (χ1) is 5.20. The van der Waals surface area contributed by atoms with E-state index in [0.29, 0.717) is 13.0 Å². The molecule has 11 heavy (non-hydrogen) atoms. The van der Waals surface area contributed by atoms with Gasteiger partial charge in [0.25, 0.3) is 0 Å². The maximum Gasteiger partial charge on any atom is 0.412 e. The number of rotatable bonds is 3. The standard InChI is InChI=1S/C6H12N2O3/c1-10-4-3-5(7)8-6(9)11-2/h3-4H2,1-2H3,(H2,7,8,9). The van der Waals surface area contributed by atoms with Gasteiger partial charge in [-0.25, -0.2) is 4.79 Å². The lowest BCUT2D eigenvalue weighted by Gasteiger charge is -2.03. The van der Waals surface area contributed by atoms with Gasteiger partial charge in [0.2, 0.25) is 0 Å². The van der Waals surface area contributed by atoms with Gasteiger partial charge >= 0.3 is 6.09 Å². The van der Waals surface area contributed by atoms with E-state index in [0.717, 1.165) is 0 Å². The number of alkyl carbamates (subject to hydrolysis) is 1. The highest BCUT2D eigenvalue weighted by molar-refractivity contribution is 5.93. The molecule has 0 fully saturated rings. The number of amides is 1. The van der Waals surface area contributed by atoms with Crippen molar-refractivity contribution in [2.75, 3.05) is 20.8 Å². The number of hydrogen-bond acceptors (Lipinski definition) is 4. The summed E-state index contributed by atoms with van der Waals surface area (Å²) in [7, 11) is 2.78. The lowest BCUT2D eigenvalue weighted by Crippen LogP contribution is -2.30. The summed E-state index contributed by atoms with van der Waals surface area (Å²) >= 11 is 0. The van der Waals surface area contributed by atoms with Crippen LogP contribution in [0.1, 0.15) is 6.42 Å². The molecule has 0 aliphatic carbocycles. The predicted molar refractivity (Wildman–Crippen MR) is 39.8 cm³/mol. The smallest absolute Gasteiger partial charge is 0.412 e. The zero-order valence-electron chi connectivity index (χ0n) is 6.64. The highest BCUT2D eigenvalue weighted by atomic mass is 16.5. The van der Waals surface area contributed by atoms with Gasteiger partial charge in [-0.15, -0.1) is 0 Å². The van der Waals surface area contributed by atoms with Gasteiger partial charge in [0, 0.05) is 13.5 Å². The predicted octanol–water partition coefficient (Wildman–Crippen LogP) is 0.356. The molecule has 0 rings (SSSR count). The third-order valence-corrected chi connectivity index (χ3v) is 0.995. The Morgan fingerprint density at radius 2 is 2.18 bits per heavy atom. The molecule has 0 aromatic carbocycles. The Morgan fingerprint density at radius 3 is 2.64 bits per heavy atom. The first kappa shape index (κ1) is 9.90. The quantitative estimate of drug-likeness (QED) is 0.462. The van der Waals surface area contributed by atoms with Crippen molar-refractivity contribution in [1.82, 2.24) is 5.32 Å². The van der Waals surface area contributed by atoms with E-state index in [1.807, 2.05) is 0 Å². The van der Waals surface area contributed by atoms with Crippen molar-refractivity contribution in [3.63, 3.8) is 0 Å². The van der Waals surface area contributed by atoms with Gasteiger partial charge in [0.15, 0.2) is 0 Å². The van der Waals surface area contributed by atoms with Crippen molar-refractivity contribution in [2.45, 2.75) is 6.42 Å². The van der Waals surface area contributed by atoms with E-state index in [9.17, 15) is 4.79 Å². The number of carbonyl (C=O) groups is 1. The summed E-state index contributed by atoms with van der Waals surface area (Å²) < 4.78 is 8.96. The fourth-order valence-electron chi connectivity index (χ4n) is 0.441. The zero-order chi connectivity index (χ0) is 8.69. The van der Waals surface area contributed by atoms with Crippen molar-refractivity contribution in [3.05, 3.63) is 0 Å². The number of amidine groups is 1. The molecule has 0 saturated heterocycles. The number of hydrogen-bond donors (Lipinski definition) is 2. The SMILES string of the molecule is COCCC(=N)NC(=O)OC. The topological polar surface area (TPSA) is 71.4 Å². The maximum absolute atomic E-state index is 10.5. The monoisotopic (exact) mass is 160 g/mol. The highest BCUT2D eigenvalue weighted by Crippen LogP contribution is 1.81. The minimum Gasteiger partial charge on any atom is -0.453 e. The summed E-state index contributed by atoms with van der Waals surface area (Å²) in [6.45, 7) is 0.419. The molecular formula is C6H12N2O3. The Labute approximate surface area is 65.2 Å². The summed E-state index contributed by atoms with van der Waals surface area (Å²) in [5, 5.41) is 9.34. The lowest BCUT2D eigenvalue weighted by molar-refractivity contribution is 0.175. The minimum atomic E-state index is -0.619. The second kappa shape index (κ2) is 5.67. The number of ether oxygens (including phenoxy) is 2. The van der Waals surface area contributed by atoms with Crippen LogP contribution in [-0.4, -0.2) is 32.8 Å². The van der Waals surface area contributed by atoms with Crippen LogP contribution in [0.15, 0.2) is 0 Å². The van der Waals surface area contributed by atoms with Crippen LogP contribution in [0.25, 0.3) is 0 Å². The maximum atomic E-state index is 10.5. The number of carbonyl (C=O) groups excluding carboxylic acids is 1.